The largest absolute Gasteiger partial charge is 0.455 e. The molecule has 18 heavy (non-hydrogen) atoms. The number of fused-ring (bicyclic) bond motifs is 1. The maximum Gasteiger partial charge on any atom is 0.455 e. The molecule has 1 aromatic rings. The lowest BCUT2D eigenvalue weighted by Crippen LogP contribution is -2.55. The van der Waals surface area contributed by atoms with E-state index < -0.39 is 29.4 Å². The summed E-state index contributed by atoms with van der Waals surface area (Å²) in [5.41, 5.74) is 4.43. The molecular formula is C10H8F5NO2. The number of benzene rings is 1. The van der Waals surface area contributed by atoms with Crippen LogP contribution in [0.2, 0.25) is 0 Å². The molecule has 100 valence electrons. The second kappa shape index (κ2) is 3.47. The van der Waals surface area contributed by atoms with Crippen LogP contribution in [0.15, 0.2) is 18.2 Å². The quantitative estimate of drug-likeness (QED) is 0.581. The molecule has 0 aliphatic carbocycles. The smallest absolute Gasteiger partial charge is 0.453 e. The summed E-state index contributed by atoms with van der Waals surface area (Å²) in [4.78, 5) is 0. The maximum atomic E-state index is 13.5. The summed E-state index contributed by atoms with van der Waals surface area (Å²) < 4.78 is 73.3. The van der Waals surface area contributed by atoms with E-state index in [4.69, 9.17) is 5.73 Å². The van der Waals surface area contributed by atoms with Crippen molar-refractivity contribution in [3.05, 3.63) is 23.8 Å². The van der Waals surface area contributed by atoms with Gasteiger partial charge in [0.05, 0.1) is 5.56 Å². The zero-order valence-corrected chi connectivity index (χ0v) is 9.02. The summed E-state index contributed by atoms with van der Waals surface area (Å²) in [7, 11) is 0. The fourth-order valence-corrected chi connectivity index (χ4v) is 1.51. The third-order valence-electron chi connectivity index (χ3n) is 2.46. The van der Waals surface area contributed by atoms with Crippen molar-refractivity contribution in [1.82, 2.24) is 0 Å². The number of anilines is 1. The number of ether oxygens (including phenoxy) is 2. The first-order chi connectivity index (χ1) is 8.05. The highest BCUT2D eigenvalue weighted by atomic mass is 19.4. The van der Waals surface area contributed by atoms with E-state index in [0.717, 1.165) is 18.2 Å². The lowest BCUT2D eigenvalue weighted by molar-refractivity contribution is -0.436. The minimum absolute atomic E-state index is 0.0313. The van der Waals surface area contributed by atoms with Crippen LogP contribution in [0.5, 0.6) is 5.75 Å². The molecule has 0 spiro atoms. The summed E-state index contributed by atoms with van der Waals surface area (Å²) in [6.45, 7) is 0.389. The van der Waals surface area contributed by atoms with Gasteiger partial charge in [-0.15, -0.1) is 0 Å². The second-order valence-electron chi connectivity index (χ2n) is 3.92. The Balaban J connectivity index is 2.54. The highest BCUT2D eigenvalue weighted by Gasteiger charge is 2.63. The normalized spacial score (nSPS) is 26.3. The van der Waals surface area contributed by atoms with E-state index in [0.29, 0.717) is 6.92 Å². The Morgan fingerprint density at radius 3 is 2.39 bits per heavy atom. The van der Waals surface area contributed by atoms with Gasteiger partial charge in [0.2, 0.25) is 0 Å². The lowest BCUT2D eigenvalue weighted by atomic mass is 10.1. The lowest BCUT2D eigenvalue weighted by Gasteiger charge is -2.40. The summed E-state index contributed by atoms with van der Waals surface area (Å²) >= 11 is 0. The maximum absolute atomic E-state index is 13.5. The molecule has 1 aliphatic heterocycles. The number of alkyl halides is 5. The molecule has 0 amide bonds. The van der Waals surface area contributed by atoms with Gasteiger partial charge in [-0.3, -0.25) is 4.74 Å². The van der Waals surface area contributed by atoms with Crippen LogP contribution in [0.3, 0.4) is 0 Å². The Hall–Kier alpha value is -1.57. The first-order valence-corrected chi connectivity index (χ1v) is 4.79. The van der Waals surface area contributed by atoms with Crippen LogP contribution in [-0.4, -0.2) is 12.0 Å². The number of nitrogens with two attached hydrogens (primary N) is 1. The molecule has 1 atom stereocenters. The highest BCUT2D eigenvalue weighted by Crippen LogP contribution is 2.50. The predicted octanol–water partition coefficient (Wildman–Crippen LogP) is 3.01. The van der Waals surface area contributed by atoms with Crippen LogP contribution in [0.25, 0.3) is 0 Å². The molecule has 2 N–H and O–H groups in total. The van der Waals surface area contributed by atoms with Gasteiger partial charge in [-0.1, -0.05) is 0 Å². The fraction of sp³-hybridized carbons (Fsp3) is 0.400. The van der Waals surface area contributed by atoms with E-state index >= 15 is 0 Å². The summed E-state index contributed by atoms with van der Waals surface area (Å²) in [5.74, 6) is -4.01. The van der Waals surface area contributed by atoms with Gasteiger partial charge < -0.3 is 10.5 Å². The van der Waals surface area contributed by atoms with E-state index in [1.807, 2.05) is 0 Å². The molecule has 0 aromatic heterocycles. The predicted molar refractivity (Wildman–Crippen MR) is 50.9 cm³/mol. The van der Waals surface area contributed by atoms with Gasteiger partial charge in [-0.05, 0) is 18.2 Å². The average molecular weight is 269 g/mol. The van der Waals surface area contributed by atoms with Gasteiger partial charge in [0.1, 0.15) is 5.75 Å². The molecule has 0 saturated carbocycles. The standard InChI is InChI=1S/C10H8F5NO2/c1-8(10(13,14)15)17-7-3-2-5(16)4-6(7)9(11,12)18-8/h2-4H,16H2,1H3. The van der Waals surface area contributed by atoms with E-state index in [2.05, 4.69) is 9.47 Å². The summed E-state index contributed by atoms with van der Waals surface area (Å²) in [6.07, 6.45) is -9.23. The van der Waals surface area contributed by atoms with Crippen LogP contribution >= 0.6 is 0 Å². The topological polar surface area (TPSA) is 44.5 Å². The number of rotatable bonds is 0. The van der Waals surface area contributed by atoms with Crippen molar-refractivity contribution >= 4 is 5.69 Å². The van der Waals surface area contributed by atoms with Crippen molar-refractivity contribution in [2.24, 2.45) is 0 Å². The van der Waals surface area contributed by atoms with E-state index in [1.165, 1.54) is 0 Å². The number of halogens is 5. The van der Waals surface area contributed by atoms with Crippen molar-refractivity contribution in [3.63, 3.8) is 0 Å². The molecule has 0 bridgehead atoms. The minimum Gasteiger partial charge on any atom is -0.453 e. The van der Waals surface area contributed by atoms with Gasteiger partial charge in [-0.25, -0.2) is 0 Å². The molecular weight excluding hydrogens is 261 g/mol. The Morgan fingerprint density at radius 1 is 1.22 bits per heavy atom. The second-order valence-corrected chi connectivity index (χ2v) is 3.92. The van der Waals surface area contributed by atoms with Crippen LogP contribution in [0.4, 0.5) is 27.6 Å². The Kier molecular flexibility index (Phi) is 2.48. The number of nitrogen functional groups attached to an aromatic ring is 1. The first kappa shape index (κ1) is 12.9. The average Bonchev–Trinajstić information content (AvgIpc) is 2.17. The van der Waals surface area contributed by atoms with Crippen molar-refractivity contribution < 1.29 is 31.4 Å². The van der Waals surface area contributed by atoms with Crippen molar-refractivity contribution in [2.45, 2.75) is 25.0 Å². The monoisotopic (exact) mass is 269 g/mol. The molecule has 0 fully saturated rings. The molecule has 1 aromatic carbocycles. The first-order valence-electron chi connectivity index (χ1n) is 4.79. The molecule has 8 heteroatoms. The summed E-state index contributed by atoms with van der Waals surface area (Å²) in [6, 6.07) is 2.92. The van der Waals surface area contributed by atoms with Gasteiger partial charge in [0.25, 0.3) is 0 Å². The van der Waals surface area contributed by atoms with Crippen LogP contribution in [0, 0.1) is 0 Å². The van der Waals surface area contributed by atoms with Gasteiger partial charge in [0.15, 0.2) is 0 Å². The zero-order valence-electron chi connectivity index (χ0n) is 9.02. The fourth-order valence-electron chi connectivity index (χ4n) is 1.51. The molecule has 1 aliphatic rings. The van der Waals surface area contributed by atoms with Crippen LogP contribution < -0.4 is 10.5 Å². The number of hydrogen-bond donors (Lipinski definition) is 1. The van der Waals surface area contributed by atoms with Crippen LogP contribution in [-0.2, 0) is 10.8 Å². The molecule has 0 radical (unpaired) electrons. The minimum atomic E-state index is -5.10. The van der Waals surface area contributed by atoms with E-state index in [9.17, 15) is 22.0 Å². The molecule has 0 saturated heterocycles. The SMILES string of the molecule is CC1(C(F)(F)F)Oc2ccc(N)cc2C(F)(F)O1. The van der Waals surface area contributed by atoms with Crippen molar-refractivity contribution in [3.8, 4) is 5.75 Å². The Morgan fingerprint density at radius 2 is 1.83 bits per heavy atom. The third-order valence-corrected chi connectivity index (χ3v) is 2.46. The molecule has 3 nitrogen and oxygen atoms in total. The third kappa shape index (κ3) is 1.86. The van der Waals surface area contributed by atoms with Crippen molar-refractivity contribution in [2.75, 3.05) is 5.73 Å². The Bertz CT molecular complexity index is 488. The van der Waals surface area contributed by atoms with E-state index in [1.54, 1.807) is 0 Å². The number of hydrogen-bond acceptors (Lipinski definition) is 3. The van der Waals surface area contributed by atoms with Gasteiger partial charge in [0, 0.05) is 12.6 Å². The van der Waals surface area contributed by atoms with Crippen LogP contribution in [0.1, 0.15) is 12.5 Å². The highest BCUT2D eigenvalue weighted by molar-refractivity contribution is 5.50. The van der Waals surface area contributed by atoms with Crippen molar-refractivity contribution in [1.29, 1.82) is 0 Å². The summed E-state index contributed by atoms with van der Waals surface area (Å²) in [5, 5.41) is 0. The van der Waals surface area contributed by atoms with E-state index in [-0.39, 0.29) is 5.69 Å². The van der Waals surface area contributed by atoms with Gasteiger partial charge >= 0.3 is 18.1 Å². The van der Waals surface area contributed by atoms with Gasteiger partial charge in [-0.2, -0.15) is 22.0 Å². The zero-order chi connectivity index (χ0) is 13.8. The molecule has 2 rings (SSSR count). The Labute approximate surface area is 98.3 Å². The molecule has 1 unspecified atom stereocenters. The molecule has 1 heterocycles.